The molecular weight excluding hydrogens is 274 g/mol. The number of hydrogen-bond acceptors (Lipinski definition) is 3. The zero-order valence-electron chi connectivity index (χ0n) is 9.45. The molecule has 0 unspecified atom stereocenters. The smallest absolute Gasteiger partial charge is 0.232 e. The van der Waals surface area contributed by atoms with Crippen LogP contribution in [-0.4, -0.2) is 4.98 Å². The summed E-state index contributed by atoms with van der Waals surface area (Å²) in [4.78, 5) is 4.07. The lowest BCUT2D eigenvalue weighted by Crippen LogP contribution is -1.93. The fourth-order valence-electron chi connectivity index (χ4n) is 1.80. The molecule has 0 fully saturated rings. The summed E-state index contributed by atoms with van der Waals surface area (Å²) in [6.07, 6.45) is 0. The maximum atomic E-state index is 13.7. The van der Waals surface area contributed by atoms with Crippen molar-refractivity contribution in [1.29, 1.82) is 0 Å². The molecule has 3 nitrogen and oxygen atoms in total. The van der Waals surface area contributed by atoms with E-state index in [2.05, 4.69) is 4.98 Å². The van der Waals surface area contributed by atoms with Crippen LogP contribution in [0.4, 0.5) is 14.5 Å². The van der Waals surface area contributed by atoms with Gasteiger partial charge in [0.15, 0.2) is 5.58 Å². The number of fused-ring (bicyclic) bond motifs is 1. The normalized spacial score (nSPS) is 11.1. The lowest BCUT2D eigenvalue weighted by molar-refractivity contribution is 0.588. The van der Waals surface area contributed by atoms with E-state index < -0.39 is 11.6 Å². The Morgan fingerprint density at radius 2 is 1.95 bits per heavy atom. The summed E-state index contributed by atoms with van der Waals surface area (Å²) in [5.74, 6) is -1.19. The van der Waals surface area contributed by atoms with Crippen molar-refractivity contribution in [3.63, 3.8) is 0 Å². The van der Waals surface area contributed by atoms with Crippen LogP contribution in [0.25, 0.3) is 22.6 Å². The first-order chi connectivity index (χ1) is 9.06. The Morgan fingerprint density at radius 3 is 2.68 bits per heavy atom. The fraction of sp³-hybridized carbons (Fsp3) is 0. The number of nitrogens with two attached hydrogens (primary N) is 1. The Bertz CT molecular complexity index is 726. The quantitative estimate of drug-likeness (QED) is 0.685. The third-order valence-corrected chi connectivity index (χ3v) is 2.98. The van der Waals surface area contributed by atoms with Crippen molar-refractivity contribution in [3.05, 3.63) is 47.0 Å². The van der Waals surface area contributed by atoms with Crippen LogP contribution in [0.3, 0.4) is 0 Å². The van der Waals surface area contributed by atoms with Crippen LogP contribution in [0.1, 0.15) is 0 Å². The van der Waals surface area contributed by atoms with E-state index in [1.165, 1.54) is 24.3 Å². The standard InChI is InChI=1S/C13H7ClF2N2O/c14-6-4-10-11(5-8(6)16)19-13(18-10)12-7(15)2-1-3-9(12)17/h1-5H,17H2. The number of nitrogen functional groups attached to an aromatic ring is 1. The Kier molecular flexibility index (Phi) is 2.64. The van der Waals surface area contributed by atoms with E-state index in [0.29, 0.717) is 5.52 Å². The molecule has 96 valence electrons. The van der Waals surface area contributed by atoms with Gasteiger partial charge < -0.3 is 10.2 Å². The highest BCUT2D eigenvalue weighted by Crippen LogP contribution is 2.32. The van der Waals surface area contributed by atoms with Crippen LogP contribution in [0.2, 0.25) is 5.02 Å². The highest BCUT2D eigenvalue weighted by atomic mass is 35.5. The molecule has 2 aromatic carbocycles. The Labute approximate surface area is 111 Å². The number of halogens is 3. The van der Waals surface area contributed by atoms with Crippen LogP contribution in [0, 0.1) is 11.6 Å². The molecule has 0 atom stereocenters. The summed E-state index contributed by atoms with van der Waals surface area (Å²) >= 11 is 5.65. The summed E-state index contributed by atoms with van der Waals surface area (Å²) in [5, 5.41) is -0.0751. The Balaban J connectivity index is 2.26. The van der Waals surface area contributed by atoms with E-state index in [1.54, 1.807) is 0 Å². The number of hydrogen-bond donors (Lipinski definition) is 1. The van der Waals surface area contributed by atoms with Crippen LogP contribution < -0.4 is 5.73 Å². The molecule has 0 aliphatic heterocycles. The van der Waals surface area contributed by atoms with Gasteiger partial charge in [-0.2, -0.15) is 0 Å². The highest BCUT2D eigenvalue weighted by Gasteiger charge is 2.16. The largest absolute Gasteiger partial charge is 0.436 e. The average molecular weight is 281 g/mol. The van der Waals surface area contributed by atoms with Crippen molar-refractivity contribution in [2.45, 2.75) is 0 Å². The first-order valence-electron chi connectivity index (χ1n) is 5.36. The van der Waals surface area contributed by atoms with E-state index in [0.717, 1.165) is 6.07 Å². The number of benzene rings is 2. The van der Waals surface area contributed by atoms with Gasteiger partial charge in [-0.25, -0.2) is 13.8 Å². The number of nitrogens with zero attached hydrogens (tertiary/aromatic N) is 1. The lowest BCUT2D eigenvalue weighted by atomic mass is 10.1. The highest BCUT2D eigenvalue weighted by molar-refractivity contribution is 6.31. The first-order valence-corrected chi connectivity index (χ1v) is 5.74. The molecule has 1 heterocycles. The maximum absolute atomic E-state index is 13.7. The summed E-state index contributed by atoms with van der Waals surface area (Å²) < 4.78 is 32.4. The summed E-state index contributed by atoms with van der Waals surface area (Å²) in [5.41, 5.74) is 6.46. The maximum Gasteiger partial charge on any atom is 0.232 e. The van der Waals surface area contributed by atoms with Gasteiger partial charge in [0.2, 0.25) is 5.89 Å². The van der Waals surface area contributed by atoms with Gasteiger partial charge in [0, 0.05) is 11.8 Å². The molecule has 19 heavy (non-hydrogen) atoms. The molecule has 0 amide bonds. The van der Waals surface area contributed by atoms with Gasteiger partial charge in [0.25, 0.3) is 0 Å². The summed E-state index contributed by atoms with van der Waals surface area (Å²) in [6, 6.07) is 6.67. The van der Waals surface area contributed by atoms with Crippen molar-refractivity contribution in [2.75, 3.05) is 5.73 Å². The van der Waals surface area contributed by atoms with Crippen molar-refractivity contribution < 1.29 is 13.2 Å². The second-order valence-electron chi connectivity index (χ2n) is 3.96. The Hall–Kier alpha value is -2.14. The fourth-order valence-corrected chi connectivity index (χ4v) is 1.95. The van der Waals surface area contributed by atoms with Crippen LogP contribution in [0.5, 0.6) is 0 Å². The van der Waals surface area contributed by atoms with Crippen molar-refractivity contribution in [3.8, 4) is 11.5 Å². The minimum absolute atomic E-state index is 0.00716. The minimum Gasteiger partial charge on any atom is -0.436 e. The van der Waals surface area contributed by atoms with Crippen molar-refractivity contribution in [2.24, 2.45) is 0 Å². The zero-order chi connectivity index (χ0) is 13.6. The van der Waals surface area contributed by atoms with Gasteiger partial charge in [-0.15, -0.1) is 0 Å². The zero-order valence-corrected chi connectivity index (χ0v) is 10.2. The third-order valence-electron chi connectivity index (χ3n) is 2.69. The number of anilines is 1. The van der Waals surface area contributed by atoms with Gasteiger partial charge in [0.05, 0.1) is 10.6 Å². The molecule has 0 aliphatic carbocycles. The number of oxazole rings is 1. The second-order valence-corrected chi connectivity index (χ2v) is 4.36. The number of rotatable bonds is 1. The van der Waals surface area contributed by atoms with Gasteiger partial charge in [0.1, 0.15) is 17.2 Å². The van der Waals surface area contributed by atoms with E-state index in [9.17, 15) is 8.78 Å². The van der Waals surface area contributed by atoms with Crippen molar-refractivity contribution >= 4 is 28.4 Å². The molecular formula is C13H7ClF2N2O. The van der Waals surface area contributed by atoms with Gasteiger partial charge in [-0.3, -0.25) is 0 Å². The summed E-state index contributed by atoms with van der Waals surface area (Å²) in [6.45, 7) is 0. The molecule has 0 aliphatic rings. The molecule has 1 aromatic heterocycles. The molecule has 0 saturated heterocycles. The van der Waals surface area contributed by atoms with Crippen LogP contribution >= 0.6 is 11.6 Å². The van der Waals surface area contributed by atoms with E-state index in [-0.39, 0.29) is 27.7 Å². The predicted octanol–water partition coefficient (Wildman–Crippen LogP) is 4.01. The monoisotopic (exact) mass is 280 g/mol. The van der Waals surface area contributed by atoms with Crippen LogP contribution in [0.15, 0.2) is 34.7 Å². The Morgan fingerprint density at radius 1 is 1.16 bits per heavy atom. The molecule has 0 radical (unpaired) electrons. The van der Waals surface area contributed by atoms with Gasteiger partial charge in [-0.1, -0.05) is 17.7 Å². The summed E-state index contributed by atoms with van der Waals surface area (Å²) in [7, 11) is 0. The van der Waals surface area contributed by atoms with E-state index in [1.807, 2.05) is 0 Å². The molecule has 0 spiro atoms. The molecule has 2 N–H and O–H groups in total. The average Bonchev–Trinajstić information content (AvgIpc) is 2.72. The van der Waals surface area contributed by atoms with Crippen molar-refractivity contribution in [1.82, 2.24) is 4.98 Å². The second kappa shape index (κ2) is 4.20. The molecule has 6 heteroatoms. The van der Waals surface area contributed by atoms with Gasteiger partial charge >= 0.3 is 0 Å². The molecule has 0 saturated carbocycles. The topological polar surface area (TPSA) is 52.0 Å². The minimum atomic E-state index is -0.627. The lowest BCUT2D eigenvalue weighted by Gasteiger charge is -2.01. The predicted molar refractivity (Wildman–Crippen MR) is 68.8 cm³/mol. The number of aromatic nitrogens is 1. The van der Waals surface area contributed by atoms with E-state index in [4.69, 9.17) is 21.8 Å². The first kappa shape index (κ1) is 11.9. The van der Waals surface area contributed by atoms with Crippen LogP contribution in [-0.2, 0) is 0 Å². The molecule has 3 aromatic rings. The molecule has 0 bridgehead atoms. The third kappa shape index (κ3) is 1.92. The molecule has 3 rings (SSSR count). The van der Waals surface area contributed by atoms with Gasteiger partial charge in [-0.05, 0) is 18.2 Å². The van der Waals surface area contributed by atoms with E-state index >= 15 is 0 Å². The SMILES string of the molecule is Nc1cccc(F)c1-c1nc2cc(Cl)c(F)cc2o1.